The second-order valence-electron chi connectivity index (χ2n) is 7.65. The molecule has 1 aliphatic rings. The fraction of sp³-hybridized carbons (Fsp3) is 0.304. The summed E-state index contributed by atoms with van der Waals surface area (Å²) in [5.41, 5.74) is 2.09. The fourth-order valence-corrected chi connectivity index (χ4v) is 3.45. The van der Waals surface area contributed by atoms with E-state index < -0.39 is 35.8 Å². The van der Waals surface area contributed by atoms with Crippen LogP contribution in [0.4, 0.5) is 10.5 Å². The summed E-state index contributed by atoms with van der Waals surface area (Å²) in [6.45, 7) is 4.78. The highest BCUT2D eigenvalue weighted by molar-refractivity contribution is 6.09. The first-order chi connectivity index (χ1) is 14.7. The molecule has 2 aromatic rings. The number of urea groups is 1. The van der Waals surface area contributed by atoms with Crippen molar-refractivity contribution in [3.63, 3.8) is 0 Å². The van der Waals surface area contributed by atoms with E-state index in [-0.39, 0.29) is 6.54 Å². The largest absolute Gasteiger partial charge is 0.345 e. The minimum atomic E-state index is -1.24. The van der Waals surface area contributed by atoms with Crippen LogP contribution < -0.4 is 16.0 Å². The van der Waals surface area contributed by atoms with Gasteiger partial charge in [0.2, 0.25) is 11.8 Å². The van der Waals surface area contributed by atoms with Gasteiger partial charge in [-0.3, -0.25) is 19.3 Å². The van der Waals surface area contributed by atoms with E-state index in [0.717, 1.165) is 22.4 Å². The Labute approximate surface area is 181 Å². The van der Waals surface area contributed by atoms with Gasteiger partial charge in [-0.15, -0.1) is 0 Å². The Bertz CT molecular complexity index is 1020. The number of hydrogen-bond acceptors (Lipinski definition) is 4. The predicted octanol–water partition coefficient (Wildman–Crippen LogP) is 2.08. The highest BCUT2D eigenvalue weighted by Crippen LogP contribution is 2.28. The van der Waals surface area contributed by atoms with Crippen molar-refractivity contribution in [2.24, 2.45) is 0 Å². The normalized spacial score (nSPS) is 18.0. The molecule has 1 aliphatic heterocycles. The average molecular weight is 422 g/mol. The molecule has 162 valence electrons. The molecule has 8 nitrogen and oxygen atoms in total. The second kappa shape index (κ2) is 8.99. The smallest absolute Gasteiger partial charge is 0.325 e. The molecule has 2 aromatic carbocycles. The number of para-hydroxylation sites is 1. The standard InChI is InChI=1S/C23H26N4O4/c1-4-16-7-5-6-8-18(16)25-19(28)13-24-20(29)14-27-21(30)23(3,26-22(27)31)17-11-9-15(2)10-12-17/h5-12H,4,13-14H2,1-3H3,(H,24,29)(H,25,28)(H,26,31)/t23-/m0/s1. The van der Waals surface area contributed by atoms with E-state index in [9.17, 15) is 19.2 Å². The van der Waals surface area contributed by atoms with Gasteiger partial charge in [0.25, 0.3) is 5.91 Å². The van der Waals surface area contributed by atoms with Crippen LogP contribution in [0.3, 0.4) is 0 Å². The van der Waals surface area contributed by atoms with E-state index in [1.165, 1.54) is 0 Å². The van der Waals surface area contributed by atoms with Gasteiger partial charge in [0, 0.05) is 5.69 Å². The molecular formula is C23H26N4O4. The highest BCUT2D eigenvalue weighted by Gasteiger charge is 2.49. The van der Waals surface area contributed by atoms with Crippen LogP contribution in [0.5, 0.6) is 0 Å². The van der Waals surface area contributed by atoms with Gasteiger partial charge >= 0.3 is 6.03 Å². The molecule has 1 fully saturated rings. The summed E-state index contributed by atoms with van der Waals surface area (Å²) in [5, 5.41) is 7.87. The predicted molar refractivity (Wildman–Crippen MR) is 116 cm³/mol. The van der Waals surface area contributed by atoms with E-state index in [1.807, 2.05) is 44.2 Å². The number of rotatable bonds is 7. The van der Waals surface area contributed by atoms with Crippen molar-refractivity contribution in [1.82, 2.24) is 15.5 Å². The van der Waals surface area contributed by atoms with E-state index in [0.29, 0.717) is 11.3 Å². The Morgan fingerprint density at radius 2 is 1.71 bits per heavy atom. The van der Waals surface area contributed by atoms with Crippen LogP contribution in [0.25, 0.3) is 0 Å². The Morgan fingerprint density at radius 3 is 2.39 bits per heavy atom. The molecule has 0 saturated carbocycles. The van der Waals surface area contributed by atoms with Crippen LogP contribution in [-0.4, -0.2) is 41.7 Å². The van der Waals surface area contributed by atoms with Gasteiger partial charge in [0.15, 0.2) is 0 Å². The first-order valence-corrected chi connectivity index (χ1v) is 10.1. The maximum atomic E-state index is 12.9. The molecule has 1 atom stereocenters. The molecule has 0 aromatic heterocycles. The number of benzene rings is 2. The van der Waals surface area contributed by atoms with Crippen molar-refractivity contribution in [1.29, 1.82) is 0 Å². The molecule has 1 heterocycles. The van der Waals surface area contributed by atoms with Crippen LogP contribution >= 0.6 is 0 Å². The number of nitrogens with one attached hydrogen (secondary N) is 3. The van der Waals surface area contributed by atoms with Crippen LogP contribution in [0.15, 0.2) is 48.5 Å². The topological polar surface area (TPSA) is 108 Å². The molecule has 0 radical (unpaired) electrons. The summed E-state index contributed by atoms with van der Waals surface area (Å²) in [4.78, 5) is 50.6. The summed E-state index contributed by atoms with van der Waals surface area (Å²) >= 11 is 0. The zero-order valence-electron chi connectivity index (χ0n) is 17.8. The van der Waals surface area contributed by atoms with Gasteiger partial charge in [-0.2, -0.15) is 0 Å². The SMILES string of the molecule is CCc1ccccc1NC(=O)CNC(=O)CN1C(=O)N[C@@](C)(c2ccc(C)cc2)C1=O. The molecule has 3 rings (SSSR count). The Balaban J connectivity index is 1.57. The first kappa shape index (κ1) is 22.0. The minimum absolute atomic E-state index is 0.268. The number of hydrogen-bond donors (Lipinski definition) is 3. The number of carbonyl (C=O) groups is 4. The number of anilines is 1. The molecular weight excluding hydrogens is 396 g/mol. The number of aryl methyl sites for hydroxylation is 2. The van der Waals surface area contributed by atoms with Crippen LogP contribution in [0.2, 0.25) is 0 Å². The summed E-state index contributed by atoms with van der Waals surface area (Å²) < 4.78 is 0. The number of imide groups is 1. The third kappa shape index (κ3) is 4.74. The highest BCUT2D eigenvalue weighted by atomic mass is 16.2. The molecule has 0 bridgehead atoms. The van der Waals surface area contributed by atoms with Crippen molar-refractivity contribution in [2.45, 2.75) is 32.7 Å². The van der Waals surface area contributed by atoms with E-state index in [1.54, 1.807) is 25.1 Å². The average Bonchev–Trinajstić information content (AvgIpc) is 2.97. The van der Waals surface area contributed by atoms with Crippen molar-refractivity contribution >= 4 is 29.4 Å². The first-order valence-electron chi connectivity index (χ1n) is 10.1. The van der Waals surface area contributed by atoms with Gasteiger partial charge in [-0.05, 0) is 37.5 Å². The van der Waals surface area contributed by atoms with Gasteiger partial charge < -0.3 is 16.0 Å². The molecule has 0 spiro atoms. The molecule has 1 saturated heterocycles. The third-order valence-corrected chi connectivity index (χ3v) is 5.32. The van der Waals surface area contributed by atoms with Gasteiger partial charge in [-0.25, -0.2) is 4.79 Å². The van der Waals surface area contributed by atoms with Crippen molar-refractivity contribution in [3.05, 3.63) is 65.2 Å². The second-order valence-corrected chi connectivity index (χ2v) is 7.65. The maximum absolute atomic E-state index is 12.9. The maximum Gasteiger partial charge on any atom is 0.325 e. The van der Waals surface area contributed by atoms with E-state index in [2.05, 4.69) is 16.0 Å². The summed E-state index contributed by atoms with van der Waals surface area (Å²) in [6.07, 6.45) is 0.759. The Kier molecular flexibility index (Phi) is 6.39. The molecule has 8 heteroatoms. The fourth-order valence-electron chi connectivity index (χ4n) is 3.45. The third-order valence-electron chi connectivity index (χ3n) is 5.32. The minimum Gasteiger partial charge on any atom is -0.345 e. The van der Waals surface area contributed by atoms with E-state index >= 15 is 0 Å². The summed E-state index contributed by atoms with van der Waals surface area (Å²) in [5.74, 6) is -1.51. The molecule has 3 N–H and O–H groups in total. The number of amides is 5. The lowest BCUT2D eigenvalue weighted by molar-refractivity contribution is -0.135. The molecule has 0 unspecified atom stereocenters. The Hall–Kier alpha value is -3.68. The van der Waals surface area contributed by atoms with E-state index in [4.69, 9.17) is 0 Å². The lowest BCUT2D eigenvalue weighted by atomic mass is 9.91. The van der Waals surface area contributed by atoms with Crippen LogP contribution in [-0.2, 0) is 26.3 Å². The summed E-state index contributed by atoms with van der Waals surface area (Å²) in [7, 11) is 0. The zero-order chi connectivity index (χ0) is 22.6. The number of carbonyl (C=O) groups excluding carboxylic acids is 4. The van der Waals surface area contributed by atoms with Gasteiger partial charge in [0.1, 0.15) is 12.1 Å². The lowest BCUT2D eigenvalue weighted by Crippen LogP contribution is -2.44. The van der Waals surface area contributed by atoms with Gasteiger partial charge in [-0.1, -0.05) is 55.0 Å². The lowest BCUT2D eigenvalue weighted by Gasteiger charge is -2.22. The van der Waals surface area contributed by atoms with Crippen molar-refractivity contribution in [3.8, 4) is 0 Å². The number of nitrogens with zero attached hydrogens (tertiary/aromatic N) is 1. The van der Waals surface area contributed by atoms with Gasteiger partial charge in [0.05, 0.1) is 6.54 Å². The molecule has 5 amide bonds. The Morgan fingerprint density at radius 1 is 1.03 bits per heavy atom. The zero-order valence-corrected chi connectivity index (χ0v) is 17.8. The summed E-state index contributed by atoms with van der Waals surface area (Å²) in [6, 6.07) is 14.0. The van der Waals surface area contributed by atoms with Crippen LogP contribution in [0, 0.1) is 6.92 Å². The van der Waals surface area contributed by atoms with Crippen molar-refractivity contribution < 1.29 is 19.2 Å². The van der Waals surface area contributed by atoms with Crippen LogP contribution in [0.1, 0.15) is 30.5 Å². The monoisotopic (exact) mass is 422 g/mol. The van der Waals surface area contributed by atoms with Crippen molar-refractivity contribution in [2.75, 3.05) is 18.4 Å². The molecule has 31 heavy (non-hydrogen) atoms. The molecule has 0 aliphatic carbocycles. The quantitative estimate of drug-likeness (QED) is 0.594.